The third kappa shape index (κ3) is 6.54. The highest BCUT2D eigenvalue weighted by Crippen LogP contribution is 2.23. The van der Waals surface area contributed by atoms with Gasteiger partial charge in [-0.3, -0.25) is 4.79 Å². The SMILES string of the molecule is CCCCOC(=O)/C=C/c1cc(Cl)ccc1S(C)(=O)=NC(C)=O. The molecule has 0 aliphatic carbocycles. The van der Waals surface area contributed by atoms with Gasteiger partial charge in [0.2, 0.25) is 0 Å². The minimum Gasteiger partial charge on any atom is -0.463 e. The Bertz CT molecular complexity index is 734. The molecule has 0 aliphatic heterocycles. The van der Waals surface area contributed by atoms with Gasteiger partial charge < -0.3 is 4.74 Å². The Morgan fingerprint density at radius 3 is 2.70 bits per heavy atom. The lowest BCUT2D eigenvalue weighted by Gasteiger charge is -2.08. The molecule has 0 fully saturated rings. The lowest BCUT2D eigenvalue weighted by atomic mass is 10.2. The lowest BCUT2D eigenvalue weighted by molar-refractivity contribution is -0.137. The molecule has 1 aromatic carbocycles. The number of hydrogen-bond acceptors (Lipinski definition) is 4. The van der Waals surface area contributed by atoms with Crippen LogP contribution in [-0.4, -0.2) is 28.9 Å². The molecular weight excluding hydrogens is 338 g/mol. The third-order valence-corrected chi connectivity index (χ3v) is 4.85. The number of esters is 1. The summed E-state index contributed by atoms with van der Waals surface area (Å²) in [6.45, 7) is 3.59. The molecule has 0 spiro atoms. The van der Waals surface area contributed by atoms with Gasteiger partial charge in [-0.15, -0.1) is 0 Å². The molecule has 5 nitrogen and oxygen atoms in total. The van der Waals surface area contributed by atoms with Crippen molar-refractivity contribution in [2.75, 3.05) is 12.9 Å². The van der Waals surface area contributed by atoms with Crippen molar-refractivity contribution in [3.63, 3.8) is 0 Å². The summed E-state index contributed by atoms with van der Waals surface area (Å²) < 4.78 is 21.3. The summed E-state index contributed by atoms with van der Waals surface area (Å²) >= 11 is 5.95. The third-order valence-electron chi connectivity index (χ3n) is 2.82. The highest BCUT2D eigenvalue weighted by atomic mass is 35.5. The van der Waals surface area contributed by atoms with Crippen molar-refractivity contribution in [1.29, 1.82) is 0 Å². The van der Waals surface area contributed by atoms with E-state index in [1.165, 1.54) is 25.3 Å². The summed E-state index contributed by atoms with van der Waals surface area (Å²) in [7, 11) is -2.91. The van der Waals surface area contributed by atoms with Crippen molar-refractivity contribution in [1.82, 2.24) is 0 Å². The maximum absolute atomic E-state index is 12.6. The Morgan fingerprint density at radius 1 is 1.39 bits per heavy atom. The minimum atomic E-state index is -2.91. The normalized spacial score (nSPS) is 13.6. The number of nitrogens with zero attached hydrogens (tertiary/aromatic N) is 1. The Kier molecular flexibility index (Phi) is 7.45. The van der Waals surface area contributed by atoms with Gasteiger partial charge in [-0.25, -0.2) is 9.00 Å². The first-order valence-electron chi connectivity index (χ1n) is 7.13. The second-order valence-corrected chi connectivity index (χ2v) is 7.61. The number of ether oxygens (including phenoxy) is 1. The molecule has 23 heavy (non-hydrogen) atoms. The maximum Gasteiger partial charge on any atom is 0.330 e. The van der Waals surface area contributed by atoms with E-state index in [9.17, 15) is 13.8 Å². The van der Waals surface area contributed by atoms with Gasteiger partial charge in [0.15, 0.2) is 0 Å². The fraction of sp³-hybridized carbons (Fsp3) is 0.375. The summed E-state index contributed by atoms with van der Waals surface area (Å²) in [5.74, 6) is -1.02. The van der Waals surface area contributed by atoms with Gasteiger partial charge in [0.25, 0.3) is 5.91 Å². The van der Waals surface area contributed by atoms with Gasteiger partial charge in [0.1, 0.15) is 0 Å². The quantitative estimate of drug-likeness (QED) is 0.442. The minimum absolute atomic E-state index is 0.342. The van der Waals surface area contributed by atoms with E-state index in [0.717, 1.165) is 12.8 Å². The van der Waals surface area contributed by atoms with Crippen molar-refractivity contribution >= 4 is 39.3 Å². The van der Waals surface area contributed by atoms with E-state index in [1.54, 1.807) is 18.2 Å². The van der Waals surface area contributed by atoms with Gasteiger partial charge in [0, 0.05) is 24.3 Å². The molecule has 0 radical (unpaired) electrons. The molecule has 1 unspecified atom stereocenters. The first kappa shape index (κ1) is 19.4. The standard InChI is InChI=1S/C16H20ClNO4S/c1-4-5-10-22-16(20)9-6-13-11-14(17)7-8-15(13)23(3,21)18-12(2)19/h6-9,11H,4-5,10H2,1-3H3/b9-6+. The van der Waals surface area contributed by atoms with Crippen LogP contribution in [0, 0.1) is 0 Å². The smallest absolute Gasteiger partial charge is 0.330 e. The average molecular weight is 358 g/mol. The zero-order valence-corrected chi connectivity index (χ0v) is 14.9. The average Bonchev–Trinajstić information content (AvgIpc) is 2.43. The number of carbonyl (C=O) groups is 2. The first-order chi connectivity index (χ1) is 10.8. The Hall–Kier alpha value is -1.66. The van der Waals surface area contributed by atoms with Crippen LogP contribution in [0.5, 0.6) is 0 Å². The zero-order valence-electron chi connectivity index (χ0n) is 13.4. The molecule has 0 saturated heterocycles. The van der Waals surface area contributed by atoms with Crippen molar-refractivity contribution in [2.45, 2.75) is 31.6 Å². The van der Waals surface area contributed by atoms with Crippen molar-refractivity contribution in [3.8, 4) is 0 Å². The van der Waals surface area contributed by atoms with Gasteiger partial charge >= 0.3 is 5.97 Å². The molecule has 0 bridgehead atoms. The van der Waals surface area contributed by atoms with E-state index in [4.69, 9.17) is 16.3 Å². The van der Waals surface area contributed by atoms with Crippen LogP contribution in [0.1, 0.15) is 32.3 Å². The molecule has 126 valence electrons. The van der Waals surface area contributed by atoms with E-state index in [1.807, 2.05) is 6.92 Å². The summed E-state index contributed by atoms with van der Waals surface area (Å²) in [5.41, 5.74) is 0.461. The Morgan fingerprint density at radius 2 is 2.09 bits per heavy atom. The Balaban J connectivity index is 3.12. The molecule has 7 heteroatoms. The molecule has 1 atom stereocenters. The van der Waals surface area contributed by atoms with E-state index in [2.05, 4.69) is 4.36 Å². The first-order valence-corrected chi connectivity index (χ1v) is 9.43. The van der Waals surface area contributed by atoms with E-state index in [-0.39, 0.29) is 0 Å². The van der Waals surface area contributed by atoms with Crippen LogP contribution in [0.2, 0.25) is 5.02 Å². The topological polar surface area (TPSA) is 72.8 Å². The fourth-order valence-electron chi connectivity index (χ4n) is 1.81. The molecule has 0 N–H and O–H groups in total. The van der Waals surface area contributed by atoms with Gasteiger partial charge in [-0.2, -0.15) is 4.36 Å². The highest BCUT2D eigenvalue weighted by molar-refractivity contribution is 7.93. The molecule has 1 aromatic rings. The fourth-order valence-corrected chi connectivity index (χ4v) is 3.47. The van der Waals surface area contributed by atoms with Crippen LogP contribution in [0.25, 0.3) is 6.08 Å². The number of unbranched alkanes of at least 4 members (excludes halogenated alkanes) is 1. The summed E-state index contributed by atoms with van der Waals surface area (Å²) in [6, 6.07) is 4.66. The predicted molar refractivity (Wildman–Crippen MR) is 91.8 cm³/mol. The van der Waals surface area contributed by atoms with Gasteiger partial charge in [-0.1, -0.05) is 24.9 Å². The lowest BCUT2D eigenvalue weighted by Crippen LogP contribution is -2.04. The monoisotopic (exact) mass is 357 g/mol. The molecular formula is C16H20ClNO4S. The maximum atomic E-state index is 12.6. The number of hydrogen-bond donors (Lipinski definition) is 0. The second kappa shape index (κ2) is 8.84. The van der Waals surface area contributed by atoms with Crippen molar-refractivity contribution in [2.24, 2.45) is 4.36 Å². The van der Waals surface area contributed by atoms with Crippen LogP contribution >= 0.6 is 11.6 Å². The molecule has 0 aliphatic rings. The number of benzene rings is 1. The number of amides is 1. The summed E-state index contributed by atoms with van der Waals surface area (Å²) in [5, 5.41) is 0.422. The van der Waals surface area contributed by atoms with E-state index < -0.39 is 21.6 Å². The van der Waals surface area contributed by atoms with Crippen molar-refractivity contribution < 1.29 is 18.5 Å². The Labute approximate surface area is 141 Å². The van der Waals surface area contributed by atoms with Crippen LogP contribution in [0.3, 0.4) is 0 Å². The molecule has 0 heterocycles. The highest BCUT2D eigenvalue weighted by Gasteiger charge is 2.12. The summed E-state index contributed by atoms with van der Waals surface area (Å²) in [4.78, 5) is 23.1. The van der Waals surface area contributed by atoms with Crippen LogP contribution in [0.15, 0.2) is 33.5 Å². The largest absolute Gasteiger partial charge is 0.463 e. The van der Waals surface area contributed by atoms with Gasteiger partial charge in [0.05, 0.1) is 21.2 Å². The van der Waals surface area contributed by atoms with Crippen LogP contribution in [0.4, 0.5) is 0 Å². The number of rotatable bonds is 6. The number of carbonyl (C=O) groups excluding carboxylic acids is 2. The molecule has 1 amide bonds. The predicted octanol–water partition coefficient (Wildman–Crippen LogP) is 3.70. The van der Waals surface area contributed by atoms with Crippen LogP contribution < -0.4 is 0 Å². The second-order valence-electron chi connectivity index (χ2n) is 4.95. The zero-order chi connectivity index (χ0) is 17.5. The van der Waals surface area contributed by atoms with Gasteiger partial charge in [-0.05, 0) is 36.3 Å². The van der Waals surface area contributed by atoms with E-state index in [0.29, 0.717) is 22.1 Å². The van der Waals surface area contributed by atoms with E-state index >= 15 is 0 Å². The molecule has 0 saturated carbocycles. The molecule has 1 rings (SSSR count). The van der Waals surface area contributed by atoms with Crippen LogP contribution in [-0.2, 0) is 24.1 Å². The molecule has 0 aromatic heterocycles. The number of halogens is 1. The van der Waals surface area contributed by atoms with Crippen molar-refractivity contribution in [3.05, 3.63) is 34.9 Å². The summed E-state index contributed by atoms with van der Waals surface area (Å²) in [6.07, 6.45) is 5.80.